The lowest BCUT2D eigenvalue weighted by Gasteiger charge is -2.18. The van der Waals surface area contributed by atoms with Gasteiger partial charge in [-0.2, -0.15) is 0 Å². The third-order valence-electron chi connectivity index (χ3n) is 7.93. The zero-order valence-electron chi connectivity index (χ0n) is 30.1. The van der Waals surface area contributed by atoms with Crippen molar-refractivity contribution in [2.75, 3.05) is 40.6 Å². The molecule has 0 fully saturated rings. The second-order valence-electron chi connectivity index (χ2n) is 11.7. The van der Waals surface area contributed by atoms with E-state index in [4.69, 9.17) is 8.83 Å². The third-order valence-corrected chi connectivity index (χ3v) is 11.0. The van der Waals surface area contributed by atoms with Crippen molar-refractivity contribution in [3.63, 3.8) is 0 Å². The molecule has 0 spiro atoms. The van der Waals surface area contributed by atoms with Gasteiger partial charge in [-0.15, -0.1) is 0 Å². The molecule has 2 N–H and O–H groups in total. The number of fused-ring (bicyclic) bond motifs is 2. The summed E-state index contributed by atoms with van der Waals surface area (Å²) in [6.45, 7) is 1.74. The lowest BCUT2D eigenvalue weighted by molar-refractivity contribution is 0.0962. The van der Waals surface area contributed by atoms with E-state index in [2.05, 4.69) is 64.5 Å². The van der Waals surface area contributed by atoms with Gasteiger partial charge in [0.1, 0.15) is 34.3 Å². The third kappa shape index (κ3) is 10.1. The van der Waals surface area contributed by atoms with Crippen molar-refractivity contribution in [2.24, 2.45) is 0 Å². The molecule has 11 nitrogen and oxygen atoms in total. The Morgan fingerprint density at radius 1 is 0.764 bits per heavy atom. The van der Waals surface area contributed by atoms with Crippen LogP contribution in [0.25, 0.3) is 44.6 Å². The fourth-order valence-corrected chi connectivity index (χ4v) is 7.71. The summed E-state index contributed by atoms with van der Waals surface area (Å²) in [7, 11) is -4.05. The summed E-state index contributed by atoms with van der Waals surface area (Å²) in [5.74, 6) is -0.694. The maximum atomic E-state index is 13.3. The lowest BCUT2D eigenvalue weighted by Crippen LogP contribution is -2.25. The first-order chi connectivity index (χ1) is 25.8. The first-order valence-electron chi connectivity index (χ1n) is 15.9. The number of rotatable bonds is 9. The predicted molar refractivity (Wildman–Crippen MR) is 228 cm³/mol. The van der Waals surface area contributed by atoms with Gasteiger partial charge in [0.2, 0.25) is 20.0 Å². The number of carbonyl (C=O) groups excluding carboxylic acids is 2. The second kappa shape index (κ2) is 18.0. The standard InChI is InChI=1S/C18H16BrFN2O4S.C18H15BrFNO4S.CH3I/c1-21-18(23)16-12-8-13(19)14(22(2)27(3,24)25)9-15(12)26-17(16)10-4-6-11(20)7-5-10;1-3-15(22)17-12-8-13(19)14(21-26(2,23)24)9-16(12)25-18(17)10-4-6-11(20)7-5-10;1-2/h4-9H,1-3H3,(H,21,23);4-9,21H,3H2,1-2H3;1H3. The summed E-state index contributed by atoms with van der Waals surface area (Å²) in [4.78, 5) is 27.0. The number of amides is 1. The molecule has 0 saturated heterocycles. The van der Waals surface area contributed by atoms with Crippen molar-refractivity contribution in [3.8, 4) is 22.6 Å². The van der Waals surface area contributed by atoms with Crippen LogP contribution in [0.1, 0.15) is 34.1 Å². The molecule has 0 aliphatic carbocycles. The first-order valence-corrected chi connectivity index (χ1v) is 23.4. The quantitative estimate of drug-likeness (QED) is 0.0824. The van der Waals surface area contributed by atoms with Gasteiger partial charge in [0, 0.05) is 63.5 Å². The molecule has 0 unspecified atom stereocenters. The van der Waals surface area contributed by atoms with E-state index in [9.17, 15) is 35.2 Å². The molecule has 0 aliphatic rings. The highest BCUT2D eigenvalue weighted by molar-refractivity contribution is 14.1. The van der Waals surface area contributed by atoms with E-state index in [0.717, 1.165) is 16.8 Å². The van der Waals surface area contributed by atoms with E-state index in [1.807, 2.05) is 4.93 Å². The van der Waals surface area contributed by atoms with E-state index >= 15 is 0 Å². The monoisotopic (exact) mass is 1030 g/mol. The average molecular weight is 1040 g/mol. The molecule has 6 aromatic rings. The minimum absolute atomic E-state index is 0.126. The summed E-state index contributed by atoms with van der Waals surface area (Å²) in [5.41, 5.74) is 3.13. The number of sulfonamides is 2. The number of benzene rings is 4. The van der Waals surface area contributed by atoms with Crippen LogP contribution in [0.2, 0.25) is 0 Å². The highest BCUT2D eigenvalue weighted by atomic mass is 127. The molecule has 0 saturated carbocycles. The minimum Gasteiger partial charge on any atom is -0.455 e. The molecule has 4 aromatic carbocycles. The summed E-state index contributed by atoms with van der Waals surface area (Å²) < 4.78 is 89.5. The number of ketones is 1. The Labute approximate surface area is 347 Å². The molecule has 18 heteroatoms. The average Bonchev–Trinajstić information content (AvgIpc) is 3.69. The molecule has 6 rings (SSSR count). The number of nitrogens with zero attached hydrogens (tertiary/aromatic N) is 1. The summed E-state index contributed by atoms with van der Waals surface area (Å²) in [6, 6.07) is 17.5. The van der Waals surface area contributed by atoms with Crippen LogP contribution in [0, 0.1) is 11.6 Å². The molecule has 2 aromatic heterocycles. The maximum absolute atomic E-state index is 13.3. The number of Topliss-reactive ketones (excluding diaryl/α,β-unsaturated/α-hetero) is 1. The van der Waals surface area contributed by atoms with Crippen molar-refractivity contribution < 1.29 is 44.0 Å². The normalized spacial score (nSPS) is 11.3. The zero-order valence-corrected chi connectivity index (χ0v) is 37.0. The SMILES string of the molecule is CCC(=O)c1c(-c2ccc(F)cc2)oc2cc(NS(C)(=O)=O)c(Br)cc12.CI.CNC(=O)c1c(-c2ccc(F)cc2)oc2cc(N(C)S(C)(=O)=O)c(Br)cc12. The highest BCUT2D eigenvalue weighted by Gasteiger charge is 2.25. The number of carbonyl (C=O) groups is 2. The number of anilines is 2. The van der Waals surface area contributed by atoms with Crippen molar-refractivity contribution >= 4 is 120 Å². The van der Waals surface area contributed by atoms with Gasteiger partial charge >= 0.3 is 0 Å². The van der Waals surface area contributed by atoms with Gasteiger partial charge in [0.05, 0.1) is 35.0 Å². The largest absolute Gasteiger partial charge is 0.455 e. The van der Waals surface area contributed by atoms with Gasteiger partial charge in [-0.25, -0.2) is 25.6 Å². The van der Waals surface area contributed by atoms with Crippen LogP contribution in [-0.2, 0) is 20.0 Å². The fourth-order valence-electron chi connectivity index (χ4n) is 5.33. The van der Waals surface area contributed by atoms with E-state index in [1.54, 1.807) is 25.1 Å². The Bertz CT molecular complexity index is 2620. The summed E-state index contributed by atoms with van der Waals surface area (Å²) in [6.07, 6.45) is 2.40. The van der Waals surface area contributed by atoms with Crippen LogP contribution < -0.4 is 14.3 Å². The number of furan rings is 2. The Balaban J connectivity index is 0.000000234. The topological polar surface area (TPSA) is 156 Å². The van der Waals surface area contributed by atoms with Crippen LogP contribution in [-0.4, -0.2) is 60.1 Å². The second-order valence-corrected chi connectivity index (χ2v) is 17.2. The van der Waals surface area contributed by atoms with E-state index in [1.165, 1.54) is 68.7 Å². The molecule has 0 atom stereocenters. The number of nitrogens with one attached hydrogen (secondary N) is 2. The van der Waals surface area contributed by atoms with Gasteiger partial charge in [0.15, 0.2) is 5.78 Å². The van der Waals surface area contributed by atoms with Crippen molar-refractivity contribution in [2.45, 2.75) is 13.3 Å². The fraction of sp³-hybridized carbons (Fsp3) is 0.189. The van der Waals surface area contributed by atoms with Gasteiger partial charge in [0.25, 0.3) is 5.91 Å². The molecule has 2 heterocycles. The smallest absolute Gasteiger partial charge is 0.255 e. The Morgan fingerprint density at radius 2 is 1.22 bits per heavy atom. The maximum Gasteiger partial charge on any atom is 0.255 e. The van der Waals surface area contributed by atoms with Gasteiger partial charge in [-0.05, 0) is 97.5 Å². The van der Waals surface area contributed by atoms with Crippen LogP contribution in [0.5, 0.6) is 0 Å². The van der Waals surface area contributed by atoms with Gasteiger partial charge in [-0.1, -0.05) is 29.5 Å². The Hall–Kier alpha value is -3.85. The minimum atomic E-state index is -3.49. The van der Waals surface area contributed by atoms with Crippen LogP contribution in [0.15, 0.2) is 90.6 Å². The number of hydrogen-bond acceptors (Lipinski definition) is 8. The Morgan fingerprint density at radius 3 is 1.67 bits per heavy atom. The van der Waals surface area contributed by atoms with Crippen LogP contribution >= 0.6 is 54.5 Å². The molecular weight excluding hydrogens is 1000 g/mol. The molecule has 1 amide bonds. The summed E-state index contributed by atoms with van der Waals surface area (Å²) in [5, 5.41) is 3.63. The summed E-state index contributed by atoms with van der Waals surface area (Å²) >= 11 is 8.83. The van der Waals surface area contributed by atoms with Gasteiger partial charge < -0.3 is 14.2 Å². The molecule has 55 heavy (non-hydrogen) atoms. The molecule has 0 bridgehead atoms. The van der Waals surface area contributed by atoms with Crippen molar-refractivity contribution in [3.05, 3.63) is 105 Å². The van der Waals surface area contributed by atoms with Crippen molar-refractivity contribution in [1.29, 1.82) is 0 Å². The zero-order chi connectivity index (χ0) is 41.0. The number of hydrogen-bond donors (Lipinski definition) is 2. The molecule has 292 valence electrons. The first kappa shape index (κ1) is 43.9. The number of halogens is 5. The molecular formula is C37H34Br2F2IN3O8S2. The van der Waals surface area contributed by atoms with Crippen molar-refractivity contribution in [1.82, 2.24) is 5.32 Å². The highest BCUT2D eigenvalue weighted by Crippen LogP contribution is 2.41. The van der Waals surface area contributed by atoms with E-state index < -0.39 is 31.7 Å². The predicted octanol–water partition coefficient (Wildman–Crippen LogP) is 9.77. The lowest BCUT2D eigenvalue weighted by atomic mass is 10.0. The van der Waals surface area contributed by atoms with Crippen LogP contribution in [0.4, 0.5) is 20.2 Å². The van der Waals surface area contributed by atoms with Gasteiger partial charge in [-0.3, -0.25) is 18.6 Å². The molecule has 0 radical (unpaired) electrons. The number of alkyl halides is 1. The van der Waals surface area contributed by atoms with E-state index in [0.29, 0.717) is 64.7 Å². The Kier molecular flexibility index (Phi) is 14.3. The van der Waals surface area contributed by atoms with E-state index in [-0.39, 0.29) is 29.4 Å². The molecule has 0 aliphatic heterocycles. The van der Waals surface area contributed by atoms with Crippen LogP contribution in [0.3, 0.4) is 0 Å².